The zero-order valence-corrected chi connectivity index (χ0v) is 19.6. The summed E-state index contributed by atoms with van der Waals surface area (Å²) in [6, 6.07) is 22.8. The van der Waals surface area contributed by atoms with Gasteiger partial charge in [-0.25, -0.2) is 4.99 Å². The van der Waals surface area contributed by atoms with Gasteiger partial charge in [-0.3, -0.25) is 15.1 Å². The zero-order valence-electron chi connectivity index (χ0n) is 17.1. The number of rotatable bonds is 4. The van der Waals surface area contributed by atoms with E-state index in [-0.39, 0.29) is 22.7 Å². The predicted molar refractivity (Wildman–Crippen MR) is 131 cm³/mol. The number of nitro groups is 1. The third kappa shape index (κ3) is 5.15. The van der Waals surface area contributed by atoms with Crippen LogP contribution in [0.5, 0.6) is 0 Å². The summed E-state index contributed by atoms with van der Waals surface area (Å²) in [5, 5.41) is 10.9. The topological polar surface area (TPSA) is 72.8 Å². The van der Waals surface area contributed by atoms with E-state index in [9.17, 15) is 10.1 Å². The summed E-state index contributed by atoms with van der Waals surface area (Å²) in [7, 11) is 2.00. The number of hydrogen-bond donors (Lipinski definition) is 0. The Morgan fingerprint density at radius 3 is 2.35 bits per heavy atom. The fraction of sp³-hybridized carbons (Fsp3) is 0.130. The van der Waals surface area contributed by atoms with Gasteiger partial charge in [0.05, 0.1) is 21.7 Å². The minimum Gasteiger partial charge on any atom is -0.319 e. The molecule has 0 radical (unpaired) electrons. The number of hydrogen-bond acceptors (Lipinski definition) is 4. The molecule has 1 heterocycles. The van der Waals surface area contributed by atoms with Crippen molar-refractivity contribution < 1.29 is 4.92 Å². The molecule has 0 atom stereocenters. The van der Waals surface area contributed by atoms with Crippen molar-refractivity contribution in [3.63, 3.8) is 0 Å². The summed E-state index contributed by atoms with van der Waals surface area (Å²) in [5.41, 5.74) is 4.19. The molecule has 4 rings (SSSR count). The summed E-state index contributed by atoms with van der Waals surface area (Å²) >= 11 is 1.62. The van der Waals surface area contributed by atoms with Crippen molar-refractivity contribution >= 4 is 50.1 Å². The van der Waals surface area contributed by atoms with Crippen LogP contribution in [0.4, 0.5) is 5.69 Å². The van der Waals surface area contributed by atoms with E-state index in [2.05, 4.69) is 16.7 Å². The average molecular weight is 497 g/mol. The van der Waals surface area contributed by atoms with Gasteiger partial charge in [-0.2, -0.15) is 0 Å². The molecule has 0 aliphatic carbocycles. The lowest BCUT2D eigenvalue weighted by Gasteiger charge is -2.04. The number of amidine groups is 1. The molecule has 158 valence electrons. The molecule has 4 aromatic rings. The molecule has 3 aromatic carbocycles. The Bertz CT molecular complexity index is 1310. The Kier molecular flexibility index (Phi) is 7.14. The Labute approximate surface area is 194 Å². The van der Waals surface area contributed by atoms with Gasteiger partial charge in [0.15, 0.2) is 10.6 Å². The minimum absolute atomic E-state index is 0. The smallest absolute Gasteiger partial charge is 0.269 e. The van der Waals surface area contributed by atoms with E-state index in [1.807, 2.05) is 50.4 Å². The number of fused-ring (bicyclic) bond motifs is 1. The number of aromatic nitrogens is 1. The fourth-order valence-corrected chi connectivity index (χ4v) is 4.08. The van der Waals surface area contributed by atoms with E-state index < -0.39 is 4.92 Å². The molecule has 0 aliphatic rings. The van der Waals surface area contributed by atoms with E-state index >= 15 is 0 Å². The molecule has 6 nitrogen and oxygen atoms in total. The van der Waals surface area contributed by atoms with E-state index in [1.165, 1.54) is 17.7 Å². The second-order valence-corrected chi connectivity index (χ2v) is 7.96. The number of aryl methyl sites for hydroxylation is 2. The Hall–Kier alpha value is -3.10. The third-order valence-electron chi connectivity index (χ3n) is 4.78. The van der Waals surface area contributed by atoms with Gasteiger partial charge in [-0.15, -0.1) is 17.0 Å². The fourth-order valence-electron chi connectivity index (χ4n) is 3.06. The highest BCUT2D eigenvalue weighted by Gasteiger charge is 2.07. The van der Waals surface area contributed by atoms with Crippen molar-refractivity contribution in [2.75, 3.05) is 0 Å². The van der Waals surface area contributed by atoms with Crippen molar-refractivity contribution in [1.29, 1.82) is 0 Å². The van der Waals surface area contributed by atoms with Gasteiger partial charge in [-0.1, -0.05) is 65.4 Å². The van der Waals surface area contributed by atoms with E-state index in [4.69, 9.17) is 9.98 Å². The van der Waals surface area contributed by atoms with Crippen LogP contribution < -0.4 is 4.80 Å². The van der Waals surface area contributed by atoms with Crippen LogP contribution in [0.25, 0.3) is 10.2 Å². The van der Waals surface area contributed by atoms with Gasteiger partial charge in [0, 0.05) is 24.7 Å². The summed E-state index contributed by atoms with van der Waals surface area (Å²) in [4.78, 5) is 20.9. The van der Waals surface area contributed by atoms with Crippen LogP contribution in [0.3, 0.4) is 0 Å². The number of nitro benzene ring substituents is 1. The number of nitrogens with zero attached hydrogens (tertiary/aromatic N) is 4. The molecule has 0 bridgehead atoms. The molecule has 1 aromatic heterocycles. The molecular weight excluding hydrogens is 476 g/mol. The van der Waals surface area contributed by atoms with Gasteiger partial charge in [0.25, 0.3) is 5.69 Å². The van der Waals surface area contributed by atoms with Crippen LogP contribution in [-0.2, 0) is 13.6 Å². The van der Waals surface area contributed by atoms with Crippen molar-refractivity contribution in [3.8, 4) is 0 Å². The molecule has 0 aliphatic heterocycles. The predicted octanol–water partition coefficient (Wildman–Crippen LogP) is 5.58. The molecule has 0 fully saturated rings. The van der Waals surface area contributed by atoms with Gasteiger partial charge in [-0.05, 0) is 24.6 Å². The molecule has 0 N–H and O–H groups in total. The first-order valence-corrected chi connectivity index (χ1v) is 10.3. The molecule has 0 spiro atoms. The van der Waals surface area contributed by atoms with E-state index in [1.54, 1.807) is 23.5 Å². The Morgan fingerprint density at radius 2 is 1.71 bits per heavy atom. The second kappa shape index (κ2) is 9.80. The van der Waals surface area contributed by atoms with Gasteiger partial charge in [0.2, 0.25) is 0 Å². The number of halogens is 1. The van der Waals surface area contributed by atoms with Crippen LogP contribution >= 0.6 is 28.3 Å². The minimum atomic E-state index is -0.401. The van der Waals surface area contributed by atoms with Crippen LogP contribution in [0.2, 0.25) is 0 Å². The number of aliphatic imine (C=N–C) groups is 1. The third-order valence-corrected chi connectivity index (χ3v) is 5.90. The highest BCUT2D eigenvalue weighted by Crippen LogP contribution is 2.16. The van der Waals surface area contributed by atoms with Crippen LogP contribution in [0.1, 0.15) is 16.7 Å². The quantitative estimate of drug-likeness (QED) is 0.160. The van der Waals surface area contributed by atoms with E-state index in [0.717, 1.165) is 26.1 Å². The lowest BCUT2D eigenvalue weighted by atomic mass is 10.1. The summed E-state index contributed by atoms with van der Waals surface area (Å²) < 4.78 is 3.23. The zero-order chi connectivity index (χ0) is 21.1. The van der Waals surface area contributed by atoms with Crippen molar-refractivity contribution in [1.82, 2.24) is 4.57 Å². The standard InChI is InChI=1S/C23H20N4O2S.BrH/c1-16-7-11-18(12-8-16)22(24-15-17-9-13-19(14-10-17)27(28)29)25-23-26(2)20-5-3-4-6-21(20)30-23;/h3-14H,15H2,1-2H3;1H. The summed E-state index contributed by atoms with van der Waals surface area (Å²) in [6.07, 6.45) is 0. The molecule has 0 saturated heterocycles. The first-order chi connectivity index (χ1) is 14.5. The highest BCUT2D eigenvalue weighted by atomic mass is 79.9. The maximum absolute atomic E-state index is 10.9. The first kappa shape index (κ1) is 22.6. The first-order valence-electron chi connectivity index (χ1n) is 9.45. The lowest BCUT2D eigenvalue weighted by molar-refractivity contribution is -0.384. The lowest BCUT2D eigenvalue weighted by Crippen LogP contribution is -2.14. The largest absolute Gasteiger partial charge is 0.319 e. The monoisotopic (exact) mass is 496 g/mol. The Balaban J connectivity index is 0.00000272. The van der Waals surface area contributed by atoms with Crippen LogP contribution in [-0.4, -0.2) is 15.3 Å². The Morgan fingerprint density at radius 1 is 1.03 bits per heavy atom. The maximum Gasteiger partial charge on any atom is 0.269 e. The summed E-state index contributed by atoms with van der Waals surface area (Å²) in [5.74, 6) is 0.635. The van der Waals surface area contributed by atoms with Crippen LogP contribution in [0.15, 0.2) is 82.8 Å². The normalized spacial score (nSPS) is 12.1. The highest BCUT2D eigenvalue weighted by molar-refractivity contribution is 8.93. The number of benzene rings is 3. The SMILES string of the molecule is Br.Cc1ccc(C(=NCc2ccc([N+](=O)[O-])cc2)N=c2sc3ccccc3n2C)cc1. The molecule has 8 heteroatoms. The molecule has 31 heavy (non-hydrogen) atoms. The number of thiazole rings is 1. The number of para-hydroxylation sites is 1. The number of non-ortho nitro benzene ring substituents is 1. The van der Waals surface area contributed by atoms with Crippen LogP contribution in [0, 0.1) is 17.0 Å². The molecule has 0 amide bonds. The average Bonchev–Trinajstić information content (AvgIpc) is 3.07. The van der Waals surface area contributed by atoms with Crippen molar-refractivity contribution in [3.05, 3.63) is 104 Å². The molecule has 0 saturated carbocycles. The van der Waals surface area contributed by atoms with Gasteiger partial charge >= 0.3 is 0 Å². The summed E-state index contributed by atoms with van der Waals surface area (Å²) in [6.45, 7) is 2.43. The molecule has 0 unspecified atom stereocenters. The van der Waals surface area contributed by atoms with Gasteiger partial charge < -0.3 is 4.57 Å². The van der Waals surface area contributed by atoms with E-state index in [0.29, 0.717) is 12.4 Å². The van der Waals surface area contributed by atoms with Crippen molar-refractivity contribution in [2.24, 2.45) is 17.0 Å². The maximum atomic E-state index is 10.9. The molecular formula is C23H21BrN4O2S. The second-order valence-electron chi connectivity index (χ2n) is 6.95. The van der Waals surface area contributed by atoms with Gasteiger partial charge in [0.1, 0.15) is 0 Å². The van der Waals surface area contributed by atoms with Crippen molar-refractivity contribution in [2.45, 2.75) is 13.5 Å².